The summed E-state index contributed by atoms with van der Waals surface area (Å²) in [6, 6.07) is 22.2. The summed E-state index contributed by atoms with van der Waals surface area (Å²) in [6.45, 7) is 21.9. The second-order valence-corrected chi connectivity index (χ2v) is 15.8. The van der Waals surface area contributed by atoms with Gasteiger partial charge in [0.1, 0.15) is 18.2 Å². The maximum atomic E-state index is 9.80. The van der Waals surface area contributed by atoms with Gasteiger partial charge in [0.05, 0.1) is 5.56 Å². The molecule has 0 bridgehead atoms. The van der Waals surface area contributed by atoms with Crippen molar-refractivity contribution in [3.8, 4) is 22.4 Å². The number of aryl methyl sites for hydroxylation is 2. The number of fused-ring (bicyclic) bond motifs is 4. The van der Waals surface area contributed by atoms with E-state index in [4.69, 9.17) is 4.42 Å². The van der Waals surface area contributed by atoms with E-state index in [9.17, 15) is 1.37 Å². The molecule has 2 aromatic heterocycles. The van der Waals surface area contributed by atoms with Gasteiger partial charge in [-0.2, -0.15) is 0 Å². The van der Waals surface area contributed by atoms with E-state index in [-0.39, 0.29) is 21.7 Å². The molecule has 1 saturated carbocycles. The quantitative estimate of drug-likeness (QED) is 0.192. The lowest BCUT2D eigenvalue weighted by Crippen LogP contribution is -2.60. The molecule has 0 unspecified atom stereocenters. The van der Waals surface area contributed by atoms with E-state index < -0.39 is 5.89 Å². The Bertz CT molecular complexity index is 2000. The normalized spacial score (nSPS) is 21.4. The Hall–Kier alpha value is -3.39. The number of aromatic nitrogens is 1. The Morgan fingerprint density at radius 3 is 2.05 bits per heavy atom. The Kier molecular flexibility index (Phi) is 6.10. The molecule has 2 aliphatic carbocycles. The van der Waals surface area contributed by atoms with Crippen LogP contribution in [0.1, 0.15) is 111 Å². The van der Waals surface area contributed by atoms with Crippen molar-refractivity contribution in [1.29, 1.82) is 0 Å². The molecule has 1 fully saturated rings. The van der Waals surface area contributed by atoms with Crippen molar-refractivity contribution >= 4 is 21.9 Å². The molecule has 5 aromatic rings. The van der Waals surface area contributed by atoms with Gasteiger partial charge in [0.25, 0.3) is 0 Å². The predicted octanol–water partition coefficient (Wildman–Crippen LogP) is 11.3. The van der Waals surface area contributed by atoms with Crippen LogP contribution in [0.15, 0.2) is 71.3 Å². The summed E-state index contributed by atoms with van der Waals surface area (Å²) in [6.07, 6.45) is 6.26. The van der Waals surface area contributed by atoms with Crippen molar-refractivity contribution in [2.24, 2.45) is 17.9 Å². The van der Waals surface area contributed by atoms with Crippen molar-refractivity contribution in [2.75, 3.05) is 0 Å². The molecular weight excluding hydrogens is 534 g/mol. The molecule has 2 heterocycles. The lowest BCUT2D eigenvalue weighted by Gasteiger charge is -2.65. The van der Waals surface area contributed by atoms with E-state index in [1.165, 1.54) is 27.8 Å². The van der Waals surface area contributed by atoms with Crippen LogP contribution in [0, 0.1) is 17.8 Å². The lowest BCUT2D eigenvalue weighted by molar-refractivity contribution is -0.660. The van der Waals surface area contributed by atoms with Gasteiger partial charge >= 0.3 is 0 Å². The summed E-state index contributed by atoms with van der Waals surface area (Å²) in [5, 5.41) is 2.30. The van der Waals surface area contributed by atoms with Crippen LogP contribution in [0.2, 0.25) is 0 Å². The van der Waals surface area contributed by atoms with Gasteiger partial charge in [0, 0.05) is 29.8 Å². The maximum Gasteiger partial charge on any atom is 0.216 e. The average Bonchev–Trinajstić information content (AvgIpc) is 3.60. The van der Waals surface area contributed by atoms with Crippen molar-refractivity contribution in [2.45, 2.75) is 105 Å². The highest BCUT2D eigenvalue weighted by atomic mass is 16.3. The summed E-state index contributed by atoms with van der Waals surface area (Å²) >= 11 is 0. The Balaban J connectivity index is 1.60. The van der Waals surface area contributed by atoms with Gasteiger partial charge in [-0.3, -0.25) is 0 Å². The summed E-state index contributed by atoms with van der Waals surface area (Å²) in [7, 11) is 2.10. The van der Waals surface area contributed by atoms with Gasteiger partial charge in [0.15, 0.2) is 6.20 Å². The molecule has 0 atom stereocenters. The van der Waals surface area contributed by atoms with Crippen LogP contribution in [-0.4, -0.2) is 0 Å². The Morgan fingerprint density at radius 2 is 1.36 bits per heavy atom. The fourth-order valence-electron chi connectivity index (χ4n) is 8.95. The van der Waals surface area contributed by atoms with Gasteiger partial charge in [-0.05, 0) is 81.2 Å². The zero-order valence-electron chi connectivity index (χ0n) is 29.5. The first-order chi connectivity index (χ1) is 21.1. The average molecular weight is 586 g/mol. The third-order valence-electron chi connectivity index (χ3n) is 13.2. The first kappa shape index (κ1) is 28.1. The molecule has 2 aliphatic rings. The van der Waals surface area contributed by atoms with Crippen LogP contribution >= 0.6 is 0 Å². The predicted molar refractivity (Wildman–Crippen MR) is 185 cm³/mol. The van der Waals surface area contributed by atoms with E-state index in [0.29, 0.717) is 0 Å². The van der Waals surface area contributed by atoms with Crippen LogP contribution in [0.3, 0.4) is 0 Å². The van der Waals surface area contributed by atoms with Gasteiger partial charge in [0.2, 0.25) is 5.69 Å². The van der Waals surface area contributed by atoms with Gasteiger partial charge < -0.3 is 4.42 Å². The van der Waals surface area contributed by atoms with E-state index in [1.54, 1.807) is 0 Å². The Morgan fingerprint density at radius 1 is 0.705 bits per heavy atom. The smallest absolute Gasteiger partial charge is 0.216 e. The minimum atomic E-state index is -0.531. The second-order valence-electron chi connectivity index (χ2n) is 15.8. The summed E-state index contributed by atoms with van der Waals surface area (Å²) in [4.78, 5) is 0. The van der Waals surface area contributed by atoms with Crippen LogP contribution in [-0.2, 0) is 17.9 Å². The minimum absolute atomic E-state index is 0.0121. The monoisotopic (exact) mass is 585 g/mol. The first-order valence-electron chi connectivity index (χ1n) is 17.1. The summed E-state index contributed by atoms with van der Waals surface area (Å²) < 4.78 is 19.0. The molecule has 0 aliphatic heterocycles. The fourth-order valence-corrected chi connectivity index (χ4v) is 8.95. The highest BCUT2D eigenvalue weighted by Crippen LogP contribution is 2.68. The number of benzene rings is 3. The summed E-state index contributed by atoms with van der Waals surface area (Å²) in [5.41, 5.74) is 11.5. The van der Waals surface area contributed by atoms with E-state index in [2.05, 4.69) is 141 Å². The molecule has 0 radical (unpaired) electrons. The molecule has 2 nitrogen and oxygen atoms in total. The number of hydrogen-bond donors (Lipinski definition) is 0. The van der Waals surface area contributed by atoms with Crippen LogP contribution < -0.4 is 4.57 Å². The number of nitrogens with zero attached hydrogens (tertiary/aromatic N) is 1. The van der Waals surface area contributed by atoms with Gasteiger partial charge in [-0.25, -0.2) is 4.57 Å². The van der Waals surface area contributed by atoms with E-state index in [0.717, 1.165) is 64.4 Å². The number of pyridine rings is 1. The van der Waals surface area contributed by atoms with Gasteiger partial charge in [-0.15, -0.1) is 0 Å². The topological polar surface area (TPSA) is 17.0 Å². The fraction of sp³-hybridized carbons (Fsp3) is 0.452. The van der Waals surface area contributed by atoms with E-state index in [1.807, 2.05) is 0 Å². The molecule has 2 heteroatoms. The van der Waals surface area contributed by atoms with Crippen molar-refractivity contribution < 1.29 is 10.4 Å². The third kappa shape index (κ3) is 3.69. The number of para-hydroxylation sites is 1. The highest BCUT2D eigenvalue weighted by molar-refractivity contribution is 6.13. The zero-order chi connectivity index (χ0) is 32.3. The first-order valence-corrected chi connectivity index (χ1v) is 16.6. The molecular formula is C42H50NO+. The molecule has 0 amide bonds. The lowest BCUT2D eigenvalue weighted by atomic mass is 9.39. The second kappa shape index (κ2) is 9.56. The minimum Gasteiger partial charge on any atom is -0.454 e. The molecule has 44 heavy (non-hydrogen) atoms. The number of hydrogen-bond acceptors (Lipinski definition) is 1. The standard InChI is InChI=1S/C42H50NO/c1-26-21-22-32-31-19-15-18-30(37(31)44-38(32)34(26)33-20-13-14-25-43(33)10)29-24-23-28(27-16-11-12-17-27)35-36(29)40(4,5)42(8,9)41(6,7)39(35,2)3/h13-15,18-25,27H,11-12,16-17H2,1-10H3/q+1/i27D. The molecule has 7 rings (SSSR count). The number of rotatable bonds is 3. The molecule has 228 valence electrons. The zero-order valence-corrected chi connectivity index (χ0v) is 28.5. The van der Waals surface area contributed by atoms with E-state index >= 15 is 0 Å². The van der Waals surface area contributed by atoms with Crippen molar-refractivity contribution in [1.82, 2.24) is 0 Å². The van der Waals surface area contributed by atoms with Crippen LogP contribution in [0.5, 0.6) is 0 Å². The highest BCUT2D eigenvalue weighted by Gasteiger charge is 2.61. The number of furan rings is 1. The largest absolute Gasteiger partial charge is 0.454 e. The van der Waals surface area contributed by atoms with Crippen molar-refractivity contribution in [3.05, 3.63) is 89.1 Å². The summed E-state index contributed by atoms with van der Waals surface area (Å²) in [5.74, 6) is -0.531. The molecule has 0 N–H and O–H groups in total. The van der Waals surface area contributed by atoms with Crippen molar-refractivity contribution in [3.63, 3.8) is 0 Å². The maximum absolute atomic E-state index is 9.80. The molecule has 3 aromatic carbocycles. The van der Waals surface area contributed by atoms with Crippen LogP contribution in [0.4, 0.5) is 0 Å². The van der Waals surface area contributed by atoms with Crippen LogP contribution in [0.25, 0.3) is 44.3 Å². The van der Waals surface area contributed by atoms with Gasteiger partial charge in [-0.1, -0.05) is 111 Å². The SMILES string of the molecule is [2H]C1(c2ccc(-c3cccc4c3oc3c(-c5cccc[n+]5C)c(C)ccc34)c3c2C(C)(C)C(C)(C)C(C)(C)C3(C)C)CCCC1. The molecule has 0 spiro atoms. The third-order valence-corrected chi connectivity index (χ3v) is 13.2. The molecule has 0 saturated heterocycles. The Labute approximate surface area is 265 Å².